The lowest BCUT2D eigenvalue weighted by Crippen LogP contribution is -2.37. The van der Waals surface area contributed by atoms with Crippen LogP contribution in [-0.4, -0.2) is 31.9 Å². The van der Waals surface area contributed by atoms with Crippen molar-refractivity contribution in [2.75, 3.05) is 18.4 Å². The zero-order chi connectivity index (χ0) is 13.7. The highest BCUT2D eigenvalue weighted by Gasteiger charge is 2.44. The fourth-order valence-electron chi connectivity index (χ4n) is 3.92. The summed E-state index contributed by atoms with van der Waals surface area (Å²) >= 11 is 0. The van der Waals surface area contributed by atoms with Gasteiger partial charge in [-0.3, -0.25) is 0 Å². The molecule has 4 nitrogen and oxygen atoms in total. The molecule has 1 aromatic carbocycles. The molecule has 2 aliphatic heterocycles. The van der Waals surface area contributed by atoms with E-state index in [1.165, 1.54) is 6.42 Å². The monoisotopic (exact) mass is 292 g/mol. The summed E-state index contributed by atoms with van der Waals surface area (Å²) in [4.78, 5) is 0.479. The Balaban J connectivity index is 1.69. The Bertz CT molecular complexity index is 641. The fourth-order valence-corrected chi connectivity index (χ4v) is 5.71. The van der Waals surface area contributed by atoms with Crippen molar-refractivity contribution in [2.24, 2.45) is 5.92 Å². The SMILES string of the molecule is O=S(=O)(c1ccc2c(c1)CCCN2)N1CC2CCC1C2. The van der Waals surface area contributed by atoms with Crippen LogP contribution < -0.4 is 5.32 Å². The van der Waals surface area contributed by atoms with Crippen LogP contribution in [-0.2, 0) is 16.4 Å². The second-order valence-corrected chi connectivity index (χ2v) is 8.15. The van der Waals surface area contributed by atoms with Gasteiger partial charge >= 0.3 is 0 Å². The predicted molar refractivity (Wildman–Crippen MR) is 78.3 cm³/mol. The number of nitrogens with zero attached hydrogens (tertiary/aromatic N) is 1. The van der Waals surface area contributed by atoms with Crippen LogP contribution in [0.25, 0.3) is 0 Å². The lowest BCUT2D eigenvalue weighted by molar-refractivity contribution is 0.333. The minimum Gasteiger partial charge on any atom is -0.385 e. The molecule has 2 heterocycles. The molecule has 2 bridgehead atoms. The average molecular weight is 292 g/mol. The Kier molecular flexibility index (Phi) is 2.82. The quantitative estimate of drug-likeness (QED) is 0.909. The van der Waals surface area contributed by atoms with Gasteiger partial charge in [0.25, 0.3) is 0 Å². The molecule has 3 aliphatic rings. The van der Waals surface area contributed by atoms with E-state index in [0.717, 1.165) is 50.0 Å². The Morgan fingerprint density at radius 1 is 1.25 bits per heavy atom. The second kappa shape index (κ2) is 4.46. The molecule has 0 amide bonds. The van der Waals surface area contributed by atoms with Crippen LogP contribution in [0.2, 0.25) is 0 Å². The van der Waals surface area contributed by atoms with Crippen molar-refractivity contribution in [3.05, 3.63) is 23.8 Å². The van der Waals surface area contributed by atoms with E-state index in [2.05, 4.69) is 5.32 Å². The number of anilines is 1. The van der Waals surface area contributed by atoms with Gasteiger partial charge < -0.3 is 5.32 Å². The summed E-state index contributed by atoms with van der Waals surface area (Å²) in [5, 5.41) is 3.33. The molecular formula is C15H20N2O2S. The van der Waals surface area contributed by atoms with E-state index in [1.807, 2.05) is 12.1 Å². The molecule has 1 aromatic rings. The van der Waals surface area contributed by atoms with Gasteiger partial charge in [0.1, 0.15) is 0 Å². The molecule has 108 valence electrons. The van der Waals surface area contributed by atoms with E-state index in [1.54, 1.807) is 10.4 Å². The molecular weight excluding hydrogens is 272 g/mol. The Labute approximate surface area is 120 Å². The molecule has 1 saturated carbocycles. The van der Waals surface area contributed by atoms with Gasteiger partial charge in [-0.1, -0.05) is 0 Å². The van der Waals surface area contributed by atoms with E-state index in [4.69, 9.17) is 0 Å². The highest BCUT2D eigenvalue weighted by molar-refractivity contribution is 7.89. The van der Waals surface area contributed by atoms with Gasteiger partial charge in [-0.25, -0.2) is 8.42 Å². The topological polar surface area (TPSA) is 49.4 Å². The van der Waals surface area contributed by atoms with Crippen molar-refractivity contribution < 1.29 is 8.42 Å². The van der Waals surface area contributed by atoms with Gasteiger partial charge in [-0.05, 0) is 61.8 Å². The summed E-state index contributed by atoms with van der Waals surface area (Å²) in [6, 6.07) is 5.82. The van der Waals surface area contributed by atoms with Crippen molar-refractivity contribution in [3.8, 4) is 0 Å². The first-order valence-electron chi connectivity index (χ1n) is 7.53. The third-order valence-electron chi connectivity index (χ3n) is 4.98. The van der Waals surface area contributed by atoms with Crippen molar-refractivity contribution >= 4 is 15.7 Å². The maximum Gasteiger partial charge on any atom is 0.243 e. The lowest BCUT2D eigenvalue weighted by Gasteiger charge is -2.27. The van der Waals surface area contributed by atoms with E-state index < -0.39 is 10.0 Å². The highest BCUT2D eigenvalue weighted by Crippen LogP contribution is 2.40. The number of rotatable bonds is 2. The first kappa shape index (κ1) is 12.7. The number of hydrogen-bond donors (Lipinski definition) is 1. The molecule has 0 aromatic heterocycles. The summed E-state index contributed by atoms with van der Waals surface area (Å²) in [6.07, 6.45) is 5.34. The van der Waals surface area contributed by atoms with Crippen molar-refractivity contribution in [3.63, 3.8) is 0 Å². The van der Waals surface area contributed by atoms with Crippen LogP contribution in [0, 0.1) is 5.92 Å². The van der Waals surface area contributed by atoms with Gasteiger partial charge in [-0.2, -0.15) is 4.31 Å². The molecule has 2 unspecified atom stereocenters. The first-order chi connectivity index (χ1) is 9.64. The number of piperidine rings is 1. The van der Waals surface area contributed by atoms with Gasteiger partial charge in [0.05, 0.1) is 4.90 Å². The minimum atomic E-state index is -3.30. The third-order valence-corrected chi connectivity index (χ3v) is 6.89. The highest BCUT2D eigenvalue weighted by atomic mass is 32.2. The van der Waals surface area contributed by atoms with Crippen molar-refractivity contribution in [1.82, 2.24) is 4.31 Å². The molecule has 20 heavy (non-hydrogen) atoms. The standard InChI is InChI=1S/C15H20N2O2S/c18-20(19,17-10-11-3-4-13(17)8-11)14-5-6-15-12(9-14)2-1-7-16-15/h5-6,9,11,13,16H,1-4,7-8,10H2. The number of sulfonamides is 1. The molecule has 5 heteroatoms. The molecule has 2 atom stereocenters. The lowest BCUT2D eigenvalue weighted by atomic mass is 10.0. The smallest absolute Gasteiger partial charge is 0.243 e. The Hall–Kier alpha value is -1.07. The van der Waals surface area contributed by atoms with Gasteiger partial charge in [0.15, 0.2) is 0 Å². The molecule has 1 saturated heterocycles. The van der Waals surface area contributed by atoms with Gasteiger partial charge in [-0.15, -0.1) is 0 Å². The van der Waals surface area contributed by atoms with Gasteiger partial charge in [0, 0.05) is 24.8 Å². The van der Waals surface area contributed by atoms with Crippen molar-refractivity contribution in [1.29, 1.82) is 0 Å². The number of benzene rings is 1. The molecule has 1 aliphatic carbocycles. The van der Waals surface area contributed by atoms with Gasteiger partial charge in [0.2, 0.25) is 10.0 Å². The van der Waals surface area contributed by atoms with Crippen LogP contribution in [0.3, 0.4) is 0 Å². The van der Waals surface area contributed by atoms with Crippen LogP contribution in [0.5, 0.6) is 0 Å². The minimum absolute atomic E-state index is 0.249. The second-order valence-electron chi connectivity index (χ2n) is 6.26. The summed E-state index contributed by atoms with van der Waals surface area (Å²) in [7, 11) is -3.30. The average Bonchev–Trinajstić information content (AvgIpc) is 3.09. The van der Waals surface area contributed by atoms with Crippen LogP contribution in [0.1, 0.15) is 31.2 Å². The molecule has 1 N–H and O–H groups in total. The molecule has 0 radical (unpaired) electrons. The molecule has 2 fully saturated rings. The van der Waals surface area contributed by atoms with Crippen molar-refractivity contribution in [2.45, 2.75) is 43.0 Å². The maximum atomic E-state index is 12.8. The largest absolute Gasteiger partial charge is 0.385 e. The fraction of sp³-hybridized carbons (Fsp3) is 0.600. The van der Waals surface area contributed by atoms with Crippen LogP contribution in [0.15, 0.2) is 23.1 Å². The number of fused-ring (bicyclic) bond motifs is 3. The Morgan fingerprint density at radius 2 is 2.15 bits per heavy atom. The maximum absolute atomic E-state index is 12.8. The summed E-state index contributed by atoms with van der Waals surface area (Å²) < 4.78 is 27.4. The Morgan fingerprint density at radius 3 is 2.90 bits per heavy atom. The summed E-state index contributed by atoms with van der Waals surface area (Å²) in [5.41, 5.74) is 2.24. The molecule has 0 spiro atoms. The van der Waals surface area contributed by atoms with E-state index in [0.29, 0.717) is 10.8 Å². The summed E-state index contributed by atoms with van der Waals surface area (Å²) in [6.45, 7) is 1.71. The third kappa shape index (κ3) is 1.87. The number of hydrogen-bond acceptors (Lipinski definition) is 3. The van der Waals surface area contributed by atoms with E-state index in [9.17, 15) is 8.42 Å². The van der Waals surface area contributed by atoms with Crippen LogP contribution >= 0.6 is 0 Å². The first-order valence-corrected chi connectivity index (χ1v) is 8.97. The van der Waals surface area contributed by atoms with Crippen LogP contribution in [0.4, 0.5) is 5.69 Å². The van der Waals surface area contributed by atoms with E-state index in [-0.39, 0.29) is 6.04 Å². The normalized spacial score (nSPS) is 29.2. The zero-order valence-electron chi connectivity index (χ0n) is 11.5. The zero-order valence-corrected chi connectivity index (χ0v) is 12.3. The number of aryl methyl sites for hydroxylation is 1. The molecule has 4 rings (SSSR count). The van der Waals surface area contributed by atoms with E-state index >= 15 is 0 Å². The predicted octanol–water partition coefficient (Wildman–Crippen LogP) is 2.22. The summed E-state index contributed by atoms with van der Waals surface area (Å²) in [5.74, 6) is 0.592. The number of nitrogens with one attached hydrogen (secondary N) is 1.